The highest BCUT2D eigenvalue weighted by Gasteiger charge is 2.70. The number of imide groups is 1. The van der Waals surface area contributed by atoms with Crippen molar-refractivity contribution in [1.29, 1.82) is 0 Å². The Kier molecular flexibility index (Phi) is 4.76. The second-order valence-electron chi connectivity index (χ2n) is 8.22. The fourth-order valence-corrected chi connectivity index (χ4v) is 5.35. The van der Waals surface area contributed by atoms with Crippen LogP contribution >= 0.6 is 11.6 Å². The van der Waals surface area contributed by atoms with Gasteiger partial charge >= 0.3 is 11.5 Å². The number of hydrogen-bond donors (Lipinski definition) is 0. The van der Waals surface area contributed by atoms with Crippen LogP contribution in [-0.4, -0.2) is 36.4 Å². The zero-order chi connectivity index (χ0) is 24.6. The summed E-state index contributed by atoms with van der Waals surface area (Å²) in [7, 11) is -5.56. The third-order valence-corrected chi connectivity index (χ3v) is 8.00. The van der Waals surface area contributed by atoms with Crippen molar-refractivity contribution < 1.29 is 31.2 Å². The molecule has 3 aromatic rings. The first-order valence-electron chi connectivity index (χ1n) is 10.0. The number of alkyl halides is 3. The van der Waals surface area contributed by atoms with E-state index in [0.29, 0.717) is 28.0 Å². The van der Waals surface area contributed by atoms with Gasteiger partial charge in [-0.2, -0.15) is 13.2 Å². The third-order valence-electron chi connectivity index (χ3n) is 6.26. The predicted octanol–water partition coefficient (Wildman–Crippen LogP) is 4.93. The van der Waals surface area contributed by atoms with Crippen LogP contribution in [0.2, 0.25) is 5.02 Å². The molecule has 176 valence electrons. The zero-order valence-electron chi connectivity index (χ0n) is 17.4. The monoisotopic (exact) mass is 509 g/mol. The number of halogens is 4. The molecule has 2 unspecified atom stereocenters. The Bertz CT molecular complexity index is 1480. The Hall–Kier alpha value is -3.18. The molecule has 12 heteroatoms. The lowest BCUT2D eigenvalue weighted by atomic mass is 10.1. The second kappa shape index (κ2) is 7.16. The van der Waals surface area contributed by atoms with Gasteiger partial charge in [0.15, 0.2) is 0 Å². The fourth-order valence-electron chi connectivity index (χ4n) is 4.42. The number of nitrogens with zero attached hydrogens (tertiary/aromatic N) is 3. The highest BCUT2D eigenvalue weighted by atomic mass is 35.5. The maximum atomic E-state index is 13.6. The van der Waals surface area contributed by atoms with Crippen LogP contribution in [0.1, 0.15) is 13.3 Å². The van der Waals surface area contributed by atoms with Crippen LogP contribution in [0, 0.1) is 5.92 Å². The Balaban J connectivity index is 1.59. The van der Waals surface area contributed by atoms with Gasteiger partial charge in [-0.1, -0.05) is 18.5 Å². The maximum Gasteiger partial charge on any atom is 0.501 e. The maximum absolute atomic E-state index is 13.6. The van der Waals surface area contributed by atoms with E-state index in [4.69, 9.17) is 11.6 Å². The summed E-state index contributed by atoms with van der Waals surface area (Å²) in [6.45, 7) is 1.82. The Morgan fingerprint density at radius 2 is 1.74 bits per heavy atom. The summed E-state index contributed by atoms with van der Waals surface area (Å²) in [4.78, 5) is 32.6. The van der Waals surface area contributed by atoms with Crippen molar-refractivity contribution in [3.8, 4) is 0 Å². The van der Waals surface area contributed by atoms with Crippen molar-refractivity contribution in [2.24, 2.45) is 5.92 Å². The average molecular weight is 510 g/mol. The Morgan fingerprint density at radius 1 is 1.09 bits per heavy atom. The molecular formula is C22H15ClF3N3O4S. The van der Waals surface area contributed by atoms with Gasteiger partial charge in [-0.3, -0.25) is 14.7 Å². The molecule has 2 atom stereocenters. The molecule has 0 N–H and O–H groups in total. The van der Waals surface area contributed by atoms with Crippen LogP contribution in [0.15, 0.2) is 59.6 Å². The quantitative estimate of drug-likeness (QED) is 0.467. The number of urea groups is 1. The van der Waals surface area contributed by atoms with Crippen LogP contribution in [0.5, 0.6) is 0 Å². The molecule has 7 nitrogen and oxygen atoms in total. The van der Waals surface area contributed by atoms with Gasteiger partial charge in [-0.05, 0) is 60.9 Å². The van der Waals surface area contributed by atoms with Crippen molar-refractivity contribution in [3.63, 3.8) is 0 Å². The first-order valence-corrected chi connectivity index (χ1v) is 11.9. The lowest BCUT2D eigenvalue weighted by molar-refractivity contribution is -0.119. The first-order chi connectivity index (χ1) is 15.9. The number of carbonyl (C=O) groups excluding carboxylic acids is 2. The number of fused-ring (bicyclic) bond motifs is 1. The standard InChI is InChI=1S/C22H15ClF3N3O4S/c1-12-11-21(12)19(30)28(14-3-5-15(6-4-14)34(32,33)22(24,25)26)20(31)29(21)18-8-9-27-17-10-13(23)2-7-16(17)18/h2-10,12H,11H2,1H3. The van der Waals surface area contributed by atoms with Gasteiger partial charge in [0.25, 0.3) is 15.7 Å². The molecule has 2 aromatic carbocycles. The van der Waals surface area contributed by atoms with Crippen LogP contribution < -0.4 is 9.80 Å². The van der Waals surface area contributed by atoms with E-state index in [2.05, 4.69) is 4.98 Å². The predicted molar refractivity (Wildman–Crippen MR) is 118 cm³/mol. The fraction of sp³-hybridized carbons (Fsp3) is 0.227. The number of carbonyl (C=O) groups is 2. The van der Waals surface area contributed by atoms with E-state index in [1.807, 2.05) is 6.92 Å². The lowest BCUT2D eigenvalue weighted by Crippen LogP contribution is -2.39. The molecule has 1 aliphatic carbocycles. The average Bonchev–Trinajstić information content (AvgIpc) is 3.38. The van der Waals surface area contributed by atoms with Crippen molar-refractivity contribution >= 4 is 55.7 Å². The van der Waals surface area contributed by atoms with E-state index in [-0.39, 0.29) is 11.6 Å². The summed E-state index contributed by atoms with van der Waals surface area (Å²) in [6.07, 6.45) is 1.89. The second-order valence-corrected chi connectivity index (χ2v) is 10.6. The molecular weight excluding hydrogens is 495 g/mol. The largest absolute Gasteiger partial charge is 0.501 e. The molecule has 1 aliphatic heterocycles. The van der Waals surface area contributed by atoms with E-state index in [9.17, 15) is 31.2 Å². The van der Waals surface area contributed by atoms with E-state index in [0.717, 1.165) is 29.2 Å². The van der Waals surface area contributed by atoms with Crippen molar-refractivity contribution in [1.82, 2.24) is 4.98 Å². The van der Waals surface area contributed by atoms with Crippen molar-refractivity contribution in [2.75, 3.05) is 9.80 Å². The minimum Gasteiger partial charge on any atom is -0.277 e. The van der Waals surface area contributed by atoms with E-state index < -0.39 is 37.7 Å². The van der Waals surface area contributed by atoms with Gasteiger partial charge in [0, 0.05) is 16.6 Å². The number of pyridine rings is 1. The van der Waals surface area contributed by atoms with Crippen LogP contribution in [0.25, 0.3) is 10.9 Å². The zero-order valence-corrected chi connectivity index (χ0v) is 18.9. The van der Waals surface area contributed by atoms with Crippen molar-refractivity contribution in [3.05, 3.63) is 59.8 Å². The van der Waals surface area contributed by atoms with Gasteiger partial charge in [-0.25, -0.2) is 18.1 Å². The van der Waals surface area contributed by atoms with E-state index in [1.54, 1.807) is 24.3 Å². The highest BCUT2D eigenvalue weighted by molar-refractivity contribution is 7.92. The van der Waals surface area contributed by atoms with Gasteiger partial charge in [0.2, 0.25) is 0 Å². The Labute approximate surface area is 196 Å². The number of aromatic nitrogens is 1. The molecule has 1 saturated heterocycles. The molecule has 1 spiro atoms. The van der Waals surface area contributed by atoms with Gasteiger partial charge in [0.1, 0.15) is 5.54 Å². The third kappa shape index (κ3) is 3.03. The van der Waals surface area contributed by atoms with E-state index >= 15 is 0 Å². The number of rotatable bonds is 3. The highest BCUT2D eigenvalue weighted by Crippen LogP contribution is 2.56. The van der Waals surface area contributed by atoms with Gasteiger partial charge in [0.05, 0.1) is 21.8 Å². The summed E-state index contributed by atoms with van der Waals surface area (Å²) < 4.78 is 61.9. The lowest BCUT2D eigenvalue weighted by Gasteiger charge is -2.23. The minimum absolute atomic E-state index is 0.0292. The molecule has 1 saturated carbocycles. The SMILES string of the molecule is CC1CC12C(=O)N(c1ccc(S(=O)(=O)C(F)(F)F)cc1)C(=O)N2c1ccnc2cc(Cl)ccc12. The van der Waals surface area contributed by atoms with Crippen LogP contribution in [0.3, 0.4) is 0 Å². The number of benzene rings is 2. The van der Waals surface area contributed by atoms with Crippen molar-refractivity contribution in [2.45, 2.75) is 29.3 Å². The number of amides is 3. The molecule has 0 radical (unpaired) electrons. The summed E-state index contributed by atoms with van der Waals surface area (Å²) >= 11 is 6.05. The summed E-state index contributed by atoms with van der Waals surface area (Å²) in [6, 6.07) is 9.37. The molecule has 0 bridgehead atoms. The summed E-state index contributed by atoms with van der Waals surface area (Å²) in [5.74, 6) is -0.704. The number of sulfone groups is 1. The topological polar surface area (TPSA) is 87.7 Å². The van der Waals surface area contributed by atoms with Crippen LogP contribution in [0.4, 0.5) is 29.3 Å². The number of hydrogen-bond acceptors (Lipinski definition) is 5. The molecule has 2 heterocycles. The molecule has 2 fully saturated rings. The first kappa shape index (κ1) is 22.6. The molecule has 3 amide bonds. The molecule has 34 heavy (non-hydrogen) atoms. The molecule has 2 aliphatic rings. The van der Waals surface area contributed by atoms with Gasteiger partial charge in [-0.15, -0.1) is 0 Å². The summed E-state index contributed by atoms with van der Waals surface area (Å²) in [5.41, 5.74) is -5.68. The molecule has 1 aromatic heterocycles. The smallest absolute Gasteiger partial charge is 0.277 e. The minimum atomic E-state index is -5.56. The number of anilines is 2. The van der Waals surface area contributed by atoms with Gasteiger partial charge < -0.3 is 0 Å². The Morgan fingerprint density at radius 3 is 2.32 bits per heavy atom. The van der Waals surface area contributed by atoms with Crippen LogP contribution in [-0.2, 0) is 14.6 Å². The summed E-state index contributed by atoms with van der Waals surface area (Å²) in [5, 5.41) is 1.05. The normalized spacial score (nSPS) is 22.8. The van der Waals surface area contributed by atoms with E-state index in [1.165, 1.54) is 11.1 Å². The molecule has 5 rings (SSSR count).